The van der Waals surface area contributed by atoms with Crippen LogP contribution in [0.5, 0.6) is 0 Å². The molecule has 1 aromatic heterocycles. The number of carbonyl (C=O) groups excluding carboxylic acids is 1. The molecule has 1 fully saturated rings. The molecule has 0 bridgehead atoms. The Morgan fingerprint density at radius 3 is 2.80 bits per heavy atom. The SMILES string of the molecule is O=C(CC1CCNCC1)N[C@H](Cc1cnc[nH]1)C(=O)O. The first-order chi connectivity index (χ1) is 9.65. The maximum atomic E-state index is 11.9. The Morgan fingerprint density at radius 1 is 1.45 bits per heavy atom. The molecule has 0 aliphatic carbocycles. The molecule has 0 aromatic carbocycles. The van der Waals surface area contributed by atoms with Crippen LogP contribution in [0.25, 0.3) is 0 Å². The van der Waals surface area contributed by atoms with E-state index in [1.807, 2.05) is 0 Å². The van der Waals surface area contributed by atoms with Crippen molar-refractivity contribution in [1.29, 1.82) is 0 Å². The highest BCUT2D eigenvalue weighted by Crippen LogP contribution is 2.15. The van der Waals surface area contributed by atoms with Crippen LogP contribution in [0.2, 0.25) is 0 Å². The van der Waals surface area contributed by atoms with Gasteiger partial charge in [-0.1, -0.05) is 0 Å². The smallest absolute Gasteiger partial charge is 0.326 e. The van der Waals surface area contributed by atoms with Gasteiger partial charge in [0.1, 0.15) is 6.04 Å². The summed E-state index contributed by atoms with van der Waals surface area (Å²) in [4.78, 5) is 29.8. The average Bonchev–Trinajstić information content (AvgIpc) is 2.92. The second kappa shape index (κ2) is 7.04. The number of H-pyrrole nitrogens is 1. The molecule has 7 heteroatoms. The summed E-state index contributed by atoms with van der Waals surface area (Å²) >= 11 is 0. The summed E-state index contributed by atoms with van der Waals surface area (Å²) in [5, 5.41) is 15.0. The van der Waals surface area contributed by atoms with Crippen molar-refractivity contribution in [2.24, 2.45) is 5.92 Å². The maximum absolute atomic E-state index is 11.9. The maximum Gasteiger partial charge on any atom is 0.326 e. The number of nitrogens with one attached hydrogen (secondary N) is 3. The lowest BCUT2D eigenvalue weighted by Crippen LogP contribution is -2.43. The molecular formula is C13H20N4O3. The zero-order chi connectivity index (χ0) is 14.4. The van der Waals surface area contributed by atoms with E-state index in [2.05, 4.69) is 20.6 Å². The van der Waals surface area contributed by atoms with Crippen LogP contribution >= 0.6 is 0 Å². The van der Waals surface area contributed by atoms with Crippen molar-refractivity contribution in [2.75, 3.05) is 13.1 Å². The number of hydrogen-bond acceptors (Lipinski definition) is 4. The van der Waals surface area contributed by atoms with Crippen LogP contribution in [-0.2, 0) is 16.0 Å². The van der Waals surface area contributed by atoms with Crippen molar-refractivity contribution >= 4 is 11.9 Å². The normalized spacial score (nSPS) is 17.6. The van der Waals surface area contributed by atoms with Crippen LogP contribution in [0.15, 0.2) is 12.5 Å². The zero-order valence-corrected chi connectivity index (χ0v) is 11.3. The molecule has 20 heavy (non-hydrogen) atoms. The van der Waals surface area contributed by atoms with E-state index in [0.29, 0.717) is 18.0 Å². The minimum Gasteiger partial charge on any atom is -0.480 e. The molecule has 1 aromatic rings. The Hall–Kier alpha value is -1.89. The molecule has 0 saturated carbocycles. The fourth-order valence-electron chi connectivity index (χ4n) is 2.42. The molecule has 1 saturated heterocycles. The van der Waals surface area contributed by atoms with E-state index in [1.165, 1.54) is 6.33 Å². The molecule has 2 heterocycles. The summed E-state index contributed by atoms with van der Waals surface area (Å²) in [5.41, 5.74) is 0.694. The van der Waals surface area contributed by atoms with Crippen molar-refractivity contribution in [1.82, 2.24) is 20.6 Å². The van der Waals surface area contributed by atoms with Crippen molar-refractivity contribution in [3.05, 3.63) is 18.2 Å². The topological polar surface area (TPSA) is 107 Å². The number of aliphatic carboxylic acids is 1. The predicted octanol–water partition coefficient (Wildman–Crippen LogP) is -0.0887. The van der Waals surface area contributed by atoms with Crippen LogP contribution in [0.1, 0.15) is 25.0 Å². The predicted molar refractivity (Wildman–Crippen MR) is 72.1 cm³/mol. The second-order valence-corrected chi connectivity index (χ2v) is 5.14. The first kappa shape index (κ1) is 14.5. The van der Waals surface area contributed by atoms with Gasteiger partial charge in [0.25, 0.3) is 0 Å². The summed E-state index contributed by atoms with van der Waals surface area (Å²) in [6.45, 7) is 1.85. The van der Waals surface area contributed by atoms with E-state index in [9.17, 15) is 9.59 Å². The molecule has 4 N–H and O–H groups in total. The summed E-state index contributed by atoms with van der Waals surface area (Å²) < 4.78 is 0. The third-order valence-corrected chi connectivity index (χ3v) is 3.55. The number of aromatic amines is 1. The summed E-state index contributed by atoms with van der Waals surface area (Å²) in [7, 11) is 0. The second-order valence-electron chi connectivity index (χ2n) is 5.14. The Kier molecular flexibility index (Phi) is 5.11. The van der Waals surface area contributed by atoms with Gasteiger partial charge in [-0.15, -0.1) is 0 Å². The minimum absolute atomic E-state index is 0.191. The quantitative estimate of drug-likeness (QED) is 0.582. The fourth-order valence-corrected chi connectivity index (χ4v) is 2.42. The van der Waals surface area contributed by atoms with E-state index in [-0.39, 0.29) is 12.3 Å². The molecule has 0 radical (unpaired) electrons. The van der Waals surface area contributed by atoms with Crippen molar-refractivity contribution in [2.45, 2.75) is 31.7 Å². The molecule has 2 rings (SSSR count). The highest BCUT2D eigenvalue weighted by atomic mass is 16.4. The number of aromatic nitrogens is 2. The van der Waals surface area contributed by atoms with Gasteiger partial charge < -0.3 is 20.7 Å². The van der Waals surface area contributed by atoms with Gasteiger partial charge in [-0.05, 0) is 31.8 Å². The third kappa shape index (κ3) is 4.34. The lowest BCUT2D eigenvalue weighted by Gasteiger charge is -2.23. The monoisotopic (exact) mass is 280 g/mol. The Labute approximate surface area is 117 Å². The molecule has 1 aliphatic rings. The Balaban J connectivity index is 1.83. The number of carbonyl (C=O) groups is 2. The summed E-state index contributed by atoms with van der Waals surface area (Å²) in [6.07, 6.45) is 5.60. The van der Waals surface area contributed by atoms with Crippen molar-refractivity contribution in [3.8, 4) is 0 Å². The molecule has 7 nitrogen and oxygen atoms in total. The number of imidazole rings is 1. The number of carboxylic acids is 1. The largest absolute Gasteiger partial charge is 0.480 e. The highest BCUT2D eigenvalue weighted by molar-refractivity contribution is 5.83. The van der Waals surface area contributed by atoms with E-state index in [0.717, 1.165) is 25.9 Å². The van der Waals surface area contributed by atoms with Crippen LogP contribution in [0.4, 0.5) is 0 Å². The van der Waals surface area contributed by atoms with Crippen molar-refractivity contribution < 1.29 is 14.7 Å². The molecule has 1 atom stereocenters. The van der Waals surface area contributed by atoms with Crippen LogP contribution in [-0.4, -0.2) is 46.1 Å². The molecule has 0 unspecified atom stereocenters. The minimum atomic E-state index is -1.03. The van der Waals surface area contributed by atoms with E-state index in [1.54, 1.807) is 6.20 Å². The van der Waals surface area contributed by atoms with Gasteiger partial charge in [0.15, 0.2) is 0 Å². The van der Waals surface area contributed by atoms with Crippen LogP contribution in [0, 0.1) is 5.92 Å². The molecular weight excluding hydrogens is 260 g/mol. The number of amides is 1. The van der Waals surface area contributed by atoms with Crippen LogP contribution < -0.4 is 10.6 Å². The summed E-state index contributed by atoms with van der Waals surface area (Å²) in [5.74, 6) is -0.875. The molecule has 1 aliphatic heterocycles. The van der Waals surface area contributed by atoms with Gasteiger partial charge >= 0.3 is 5.97 Å². The molecule has 0 spiro atoms. The van der Waals surface area contributed by atoms with Gasteiger partial charge in [-0.25, -0.2) is 9.78 Å². The van der Waals surface area contributed by atoms with Gasteiger partial charge in [0.05, 0.1) is 6.33 Å². The average molecular weight is 280 g/mol. The van der Waals surface area contributed by atoms with E-state index < -0.39 is 12.0 Å². The Bertz CT molecular complexity index is 440. The number of rotatable bonds is 6. The zero-order valence-electron chi connectivity index (χ0n) is 11.3. The van der Waals surface area contributed by atoms with E-state index >= 15 is 0 Å². The number of piperidine rings is 1. The van der Waals surface area contributed by atoms with Gasteiger partial charge in [-0.2, -0.15) is 0 Å². The van der Waals surface area contributed by atoms with Gasteiger partial charge in [0.2, 0.25) is 5.91 Å². The van der Waals surface area contributed by atoms with Gasteiger partial charge in [0, 0.05) is 24.7 Å². The standard InChI is InChI=1S/C13H20N4O3/c18-12(5-9-1-3-14-4-2-9)17-11(13(19)20)6-10-7-15-8-16-10/h7-9,11,14H,1-6H2,(H,15,16)(H,17,18)(H,19,20)/t11-/m1/s1. The summed E-state index contributed by atoms with van der Waals surface area (Å²) in [6, 6.07) is -0.912. The number of carboxylic acid groups (broad SMARTS) is 1. The first-order valence-electron chi connectivity index (χ1n) is 6.85. The number of nitrogens with zero attached hydrogens (tertiary/aromatic N) is 1. The van der Waals surface area contributed by atoms with Gasteiger partial charge in [-0.3, -0.25) is 4.79 Å². The third-order valence-electron chi connectivity index (χ3n) is 3.55. The van der Waals surface area contributed by atoms with Crippen LogP contribution in [0.3, 0.4) is 0 Å². The molecule has 1 amide bonds. The molecule has 110 valence electrons. The lowest BCUT2D eigenvalue weighted by atomic mass is 9.94. The van der Waals surface area contributed by atoms with Crippen molar-refractivity contribution in [3.63, 3.8) is 0 Å². The highest BCUT2D eigenvalue weighted by Gasteiger charge is 2.23. The first-order valence-corrected chi connectivity index (χ1v) is 6.85. The number of hydrogen-bond donors (Lipinski definition) is 4. The van der Waals surface area contributed by atoms with E-state index in [4.69, 9.17) is 5.11 Å². The lowest BCUT2D eigenvalue weighted by molar-refractivity contribution is -0.142. The fraction of sp³-hybridized carbons (Fsp3) is 0.615. The Morgan fingerprint density at radius 2 is 2.20 bits per heavy atom.